The van der Waals surface area contributed by atoms with Crippen molar-refractivity contribution in [2.45, 2.75) is 110 Å². The second-order valence-corrected chi connectivity index (χ2v) is 24.8. The summed E-state index contributed by atoms with van der Waals surface area (Å²) < 4.78 is 9.37. The van der Waals surface area contributed by atoms with Crippen LogP contribution in [0.2, 0.25) is 0 Å². The van der Waals surface area contributed by atoms with E-state index >= 15 is 0 Å². The number of fused-ring (bicyclic) bond motifs is 3. The first-order valence-corrected chi connectivity index (χ1v) is 27.4. The summed E-state index contributed by atoms with van der Waals surface area (Å²) in [5.41, 5.74) is 14.7. The maximum absolute atomic E-state index is 7.13. The molecular formula is C73H71N4OPt-3. The number of hydrogen-bond donors (Lipinski definition) is 0. The SMILES string of the molecule is CC(C)(C)c1ccnc(-n2c3[c-]c(Oc4[c-]c(N5[CH-]N(c6cc(C(C)(C)c7ccccc7)cc(C(C)(C)c7ccccc7)c6)C=C5c5ccccc5)cc(C(C)(C)c5ccccc5)c4)ccc3c3cc(C(C)(C)C)ccc32)c1.[Pt]. The van der Waals surface area contributed by atoms with E-state index in [2.05, 4.69) is 317 Å². The molecule has 0 radical (unpaired) electrons. The Hall–Kier alpha value is -7.46. The van der Waals surface area contributed by atoms with Crippen LogP contribution in [0.5, 0.6) is 11.5 Å². The Morgan fingerprint density at radius 1 is 0.443 bits per heavy atom. The van der Waals surface area contributed by atoms with E-state index in [9.17, 15) is 0 Å². The van der Waals surface area contributed by atoms with Crippen LogP contribution in [-0.2, 0) is 48.1 Å². The summed E-state index contributed by atoms with van der Waals surface area (Å²) in [6.45, 7) is 29.7. The van der Waals surface area contributed by atoms with Crippen molar-refractivity contribution < 1.29 is 25.8 Å². The van der Waals surface area contributed by atoms with Crippen molar-refractivity contribution in [2.24, 2.45) is 0 Å². The Morgan fingerprint density at radius 3 is 1.51 bits per heavy atom. The van der Waals surface area contributed by atoms with E-state index in [1.807, 2.05) is 6.20 Å². The number of hydrogen-bond acceptors (Lipinski definition) is 4. The smallest absolute Gasteiger partial charge is 0.135 e. The average molecular weight is 1220 g/mol. The second-order valence-electron chi connectivity index (χ2n) is 24.8. The van der Waals surface area contributed by atoms with Crippen molar-refractivity contribution in [3.8, 4) is 17.3 Å². The van der Waals surface area contributed by atoms with Crippen LogP contribution in [0.3, 0.4) is 0 Å². The predicted octanol–water partition coefficient (Wildman–Crippen LogP) is 18.6. The van der Waals surface area contributed by atoms with Crippen molar-refractivity contribution in [2.75, 3.05) is 9.80 Å². The van der Waals surface area contributed by atoms with Crippen LogP contribution >= 0.6 is 0 Å². The molecule has 0 spiro atoms. The molecule has 3 heterocycles. The van der Waals surface area contributed by atoms with E-state index in [4.69, 9.17) is 9.72 Å². The van der Waals surface area contributed by atoms with Crippen molar-refractivity contribution in [1.82, 2.24) is 9.55 Å². The zero-order valence-electron chi connectivity index (χ0n) is 47.7. The molecule has 6 heteroatoms. The summed E-state index contributed by atoms with van der Waals surface area (Å²) in [4.78, 5) is 9.56. The largest absolute Gasteiger partial charge is 0.509 e. The second kappa shape index (κ2) is 21.0. The molecule has 11 rings (SSSR count). The molecule has 0 saturated carbocycles. The van der Waals surface area contributed by atoms with Crippen LogP contribution in [0.1, 0.15) is 133 Å². The summed E-state index contributed by atoms with van der Waals surface area (Å²) >= 11 is 0. The first-order valence-electron chi connectivity index (χ1n) is 27.4. The number of pyridine rings is 1. The standard InChI is InChI=1S/C73H71N4O.Pt/c1-69(2,3)54-33-36-65-64(44-54)63-35-34-61(47-66(63)77(65)68-45-55(37-38-74-68)70(4,5)6)78-62-43-58(73(11,12)53-31-23-16-24-32-53)42-60(46-62)76-49-75(48-67(76)50-25-17-13-18-26-50)59-40-56(71(7,8)51-27-19-14-20-28-51)39-57(41-59)72(9,10)52-29-21-15-22-30-52;/h13-45,48-49H,1-12H3;/q-3;. The van der Waals surface area contributed by atoms with E-state index in [1.54, 1.807) is 0 Å². The fourth-order valence-electron chi connectivity index (χ4n) is 11.0. The normalized spacial score (nSPS) is 13.4. The molecule has 0 bridgehead atoms. The molecule has 0 amide bonds. The van der Waals surface area contributed by atoms with Gasteiger partial charge in [-0.2, -0.15) is 6.07 Å². The fourth-order valence-corrected chi connectivity index (χ4v) is 11.0. The predicted molar refractivity (Wildman–Crippen MR) is 326 cm³/mol. The molecule has 402 valence electrons. The molecule has 10 aromatic rings. The fraction of sp³-hybridized carbons (Fsp3) is 0.233. The van der Waals surface area contributed by atoms with Gasteiger partial charge in [-0.15, -0.1) is 53.6 Å². The molecule has 1 aliphatic heterocycles. The van der Waals surface area contributed by atoms with Gasteiger partial charge in [0.1, 0.15) is 5.82 Å². The van der Waals surface area contributed by atoms with Crippen LogP contribution < -0.4 is 14.5 Å². The summed E-state index contributed by atoms with van der Waals surface area (Å²) in [5.74, 6) is 2.02. The van der Waals surface area contributed by atoms with E-state index in [0.29, 0.717) is 11.5 Å². The Balaban J connectivity index is 0.00000704. The number of anilines is 2. The molecule has 1 aliphatic rings. The zero-order valence-corrected chi connectivity index (χ0v) is 50.0. The molecule has 79 heavy (non-hydrogen) atoms. The van der Waals surface area contributed by atoms with Crippen LogP contribution in [0.25, 0.3) is 33.3 Å². The van der Waals surface area contributed by atoms with Crippen LogP contribution in [0, 0.1) is 18.8 Å². The summed E-state index contributed by atoms with van der Waals surface area (Å²) in [7, 11) is 0. The number of aromatic nitrogens is 2. The van der Waals surface area contributed by atoms with Crippen molar-refractivity contribution in [1.29, 1.82) is 0 Å². The zero-order chi connectivity index (χ0) is 54.8. The van der Waals surface area contributed by atoms with Gasteiger partial charge in [-0.25, -0.2) is 4.98 Å². The van der Waals surface area contributed by atoms with Crippen LogP contribution in [-0.4, -0.2) is 9.55 Å². The maximum Gasteiger partial charge on any atom is 0.135 e. The van der Waals surface area contributed by atoms with Crippen molar-refractivity contribution >= 4 is 38.9 Å². The molecule has 0 saturated heterocycles. The molecule has 0 aliphatic carbocycles. The Labute approximate surface area is 483 Å². The topological polar surface area (TPSA) is 33.5 Å². The molecule has 0 unspecified atom stereocenters. The van der Waals surface area contributed by atoms with Gasteiger partial charge < -0.3 is 19.1 Å². The van der Waals surface area contributed by atoms with E-state index < -0.39 is 5.41 Å². The average Bonchev–Trinajstić information content (AvgIpc) is 4.23. The first-order chi connectivity index (χ1) is 37.2. The van der Waals surface area contributed by atoms with Gasteiger partial charge in [0, 0.05) is 66.5 Å². The van der Waals surface area contributed by atoms with Crippen LogP contribution in [0.15, 0.2) is 207 Å². The van der Waals surface area contributed by atoms with Gasteiger partial charge in [0.05, 0.1) is 0 Å². The van der Waals surface area contributed by atoms with Gasteiger partial charge in [-0.3, -0.25) is 0 Å². The van der Waals surface area contributed by atoms with Gasteiger partial charge in [-0.05, 0) is 103 Å². The molecule has 0 fully saturated rings. The Kier molecular flexibility index (Phi) is 14.6. The van der Waals surface area contributed by atoms with Gasteiger partial charge in [0.2, 0.25) is 0 Å². The third-order valence-corrected chi connectivity index (χ3v) is 16.4. The maximum atomic E-state index is 7.13. The summed E-state index contributed by atoms with van der Waals surface area (Å²) in [6, 6.07) is 77.7. The minimum Gasteiger partial charge on any atom is -0.509 e. The number of benzene rings is 8. The first kappa shape index (κ1) is 54.9. The van der Waals surface area contributed by atoms with E-state index in [1.165, 1.54) is 38.9 Å². The van der Waals surface area contributed by atoms with E-state index in [0.717, 1.165) is 55.8 Å². The third-order valence-electron chi connectivity index (χ3n) is 16.4. The molecular weight excluding hydrogens is 1140 g/mol. The van der Waals surface area contributed by atoms with Gasteiger partial charge in [-0.1, -0.05) is 228 Å². The van der Waals surface area contributed by atoms with Gasteiger partial charge in [0.25, 0.3) is 0 Å². The molecule has 2 aromatic heterocycles. The monoisotopic (exact) mass is 1210 g/mol. The third kappa shape index (κ3) is 10.6. The molecule has 8 aromatic carbocycles. The Morgan fingerprint density at radius 2 is 0.962 bits per heavy atom. The Bertz CT molecular complexity index is 3770. The number of rotatable bonds is 12. The van der Waals surface area contributed by atoms with E-state index in [-0.39, 0.29) is 42.7 Å². The van der Waals surface area contributed by atoms with Gasteiger partial charge >= 0.3 is 0 Å². The quantitative estimate of drug-likeness (QED) is 0.114. The molecule has 5 nitrogen and oxygen atoms in total. The minimum absolute atomic E-state index is 0. The molecule has 0 atom stereocenters. The van der Waals surface area contributed by atoms with Crippen LogP contribution in [0.4, 0.5) is 11.4 Å². The number of ether oxygens (including phenoxy) is 1. The molecule has 0 N–H and O–H groups in total. The van der Waals surface area contributed by atoms with Crippen molar-refractivity contribution in [3.05, 3.63) is 275 Å². The van der Waals surface area contributed by atoms with Crippen molar-refractivity contribution in [3.63, 3.8) is 0 Å². The summed E-state index contributed by atoms with van der Waals surface area (Å²) in [5, 5.41) is 2.24. The minimum atomic E-state index is -0.414. The number of nitrogens with zero attached hydrogens (tertiary/aromatic N) is 4. The van der Waals surface area contributed by atoms with Gasteiger partial charge in [0.15, 0.2) is 0 Å². The summed E-state index contributed by atoms with van der Waals surface area (Å²) in [6.07, 6.45) is 4.19.